The first kappa shape index (κ1) is 20.9. The van der Waals surface area contributed by atoms with Gasteiger partial charge in [-0.15, -0.1) is 0 Å². The Labute approximate surface area is 174 Å². The summed E-state index contributed by atoms with van der Waals surface area (Å²) in [5.74, 6) is 0.145. The van der Waals surface area contributed by atoms with Crippen molar-refractivity contribution >= 4 is 17.7 Å². The SMILES string of the molecule is CCOC(=O)c1cnc(SCCc2ccccc2)n(Cc2ccc(C)cc2)c1=O. The molecule has 0 aliphatic rings. The molecular weight excluding hydrogens is 384 g/mol. The minimum atomic E-state index is -0.636. The lowest BCUT2D eigenvalue weighted by Gasteiger charge is -2.13. The van der Waals surface area contributed by atoms with Crippen molar-refractivity contribution in [2.24, 2.45) is 0 Å². The number of hydrogen-bond acceptors (Lipinski definition) is 5. The molecule has 0 amide bonds. The third kappa shape index (κ3) is 5.57. The van der Waals surface area contributed by atoms with Gasteiger partial charge in [0.25, 0.3) is 5.56 Å². The van der Waals surface area contributed by atoms with E-state index in [2.05, 4.69) is 17.1 Å². The van der Waals surface area contributed by atoms with Crippen LogP contribution in [0.15, 0.2) is 70.7 Å². The van der Waals surface area contributed by atoms with Crippen LogP contribution in [0.3, 0.4) is 0 Å². The summed E-state index contributed by atoms with van der Waals surface area (Å²) < 4.78 is 6.57. The minimum absolute atomic E-state index is 0.0358. The van der Waals surface area contributed by atoms with Gasteiger partial charge in [-0.05, 0) is 31.4 Å². The van der Waals surface area contributed by atoms with Crippen LogP contribution in [0.5, 0.6) is 0 Å². The molecule has 0 spiro atoms. The quantitative estimate of drug-likeness (QED) is 0.319. The first-order valence-electron chi connectivity index (χ1n) is 9.57. The Morgan fingerprint density at radius 2 is 1.79 bits per heavy atom. The van der Waals surface area contributed by atoms with Crippen LogP contribution in [-0.4, -0.2) is 27.9 Å². The van der Waals surface area contributed by atoms with Gasteiger partial charge >= 0.3 is 5.97 Å². The first-order valence-corrected chi connectivity index (χ1v) is 10.6. The molecule has 2 aromatic carbocycles. The second-order valence-electron chi connectivity index (χ2n) is 6.64. The van der Waals surface area contributed by atoms with Crippen LogP contribution in [-0.2, 0) is 17.7 Å². The zero-order valence-corrected chi connectivity index (χ0v) is 17.4. The van der Waals surface area contributed by atoms with Crippen molar-refractivity contribution in [3.63, 3.8) is 0 Å². The zero-order valence-electron chi connectivity index (χ0n) is 16.6. The number of esters is 1. The number of aromatic nitrogens is 2. The van der Waals surface area contributed by atoms with Gasteiger partial charge in [0, 0.05) is 5.75 Å². The van der Waals surface area contributed by atoms with Crippen LogP contribution in [0.2, 0.25) is 0 Å². The van der Waals surface area contributed by atoms with Gasteiger partial charge in [0.05, 0.1) is 19.3 Å². The lowest BCUT2D eigenvalue weighted by molar-refractivity contribution is 0.0522. The van der Waals surface area contributed by atoms with Gasteiger partial charge in [0.2, 0.25) is 0 Å². The summed E-state index contributed by atoms with van der Waals surface area (Å²) in [6.45, 7) is 4.30. The van der Waals surface area contributed by atoms with E-state index in [4.69, 9.17) is 4.74 Å². The summed E-state index contributed by atoms with van der Waals surface area (Å²) >= 11 is 1.51. The predicted octanol–water partition coefficient (Wildman–Crippen LogP) is 4.11. The topological polar surface area (TPSA) is 61.2 Å². The molecule has 0 N–H and O–H groups in total. The molecule has 0 bridgehead atoms. The Morgan fingerprint density at radius 1 is 1.07 bits per heavy atom. The highest BCUT2D eigenvalue weighted by atomic mass is 32.2. The molecule has 1 heterocycles. The Balaban J connectivity index is 1.87. The molecule has 0 radical (unpaired) electrons. The van der Waals surface area contributed by atoms with Crippen molar-refractivity contribution in [2.45, 2.75) is 32.0 Å². The zero-order chi connectivity index (χ0) is 20.6. The Bertz CT molecular complexity index is 1010. The molecule has 0 fully saturated rings. The van der Waals surface area contributed by atoms with Crippen LogP contribution in [0.25, 0.3) is 0 Å². The van der Waals surface area contributed by atoms with E-state index in [0.29, 0.717) is 11.7 Å². The lowest BCUT2D eigenvalue weighted by atomic mass is 10.1. The van der Waals surface area contributed by atoms with Crippen molar-refractivity contribution in [3.8, 4) is 0 Å². The molecule has 0 aliphatic heterocycles. The predicted molar refractivity (Wildman–Crippen MR) is 116 cm³/mol. The van der Waals surface area contributed by atoms with Crippen LogP contribution in [0.1, 0.15) is 34.0 Å². The largest absolute Gasteiger partial charge is 0.462 e. The number of rotatable bonds is 8. The summed E-state index contributed by atoms with van der Waals surface area (Å²) in [6, 6.07) is 18.2. The van der Waals surface area contributed by atoms with Gasteiger partial charge in [-0.1, -0.05) is 71.9 Å². The Morgan fingerprint density at radius 3 is 2.48 bits per heavy atom. The fourth-order valence-corrected chi connectivity index (χ4v) is 3.81. The fraction of sp³-hybridized carbons (Fsp3) is 0.261. The number of ether oxygens (including phenoxy) is 1. The van der Waals surface area contributed by atoms with Crippen molar-refractivity contribution in [3.05, 3.63) is 93.4 Å². The van der Waals surface area contributed by atoms with Crippen molar-refractivity contribution in [1.29, 1.82) is 0 Å². The van der Waals surface area contributed by atoms with Gasteiger partial charge in [-0.2, -0.15) is 0 Å². The minimum Gasteiger partial charge on any atom is -0.462 e. The van der Waals surface area contributed by atoms with Crippen molar-refractivity contribution in [2.75, 3.05) is 12.4 Å². The maximum atomic E-state index is 13.0. The number of carbonyl (C=O) groups excluding carboxylic acids is 1. The molecule has 29 heavy (non-hydrogen) atoms. The van der Waals surface area contributed by atoms with Gasteiger partial charge in [-0.25, -0.2) is 9.78 Å². The van der Waals surface area contributed by atoms with Crippen molar-refractivity contribution in [1.82, 2.24) is 9.55 Å². The highest BCUT2D eigenvalue weighted by Gasteiger charge is 2.18. The summed E-state index contributed by atoms with van der Waals surface area (Å²) in [4.78, 5) is 29.6. The number of aryl methyl sites for hydroxylation is 2. The molecule has 150 valence electrons. The molecule has 6 heteroatoms. The van der Waals surface area contributed by atoms with Gasteiger partial charge in [0.15, 0.2) is 5.16 Å². The summed E-state index contributed by atoms with van der Waals surface area (Å²) in [6.07, 6.45) is 2.20. The highest BCUT2D eigenvalue weighted by Crippen LogP contribution is 2.18. The number of benzene rings is 2. The second-order valence-corrected chi connectivity index (χ2v) is 7.70. The third-order valence-corrected chi connectivity index (χ3v) is 5.42. The number of carbonyl (C=O) groups is 1. The number of hydrogen-bond donors (Lipinski definition) is 0. The van der Waals surface area contributed by atoms with E-state index in [1.807, 2.05) is 49.4 Å². The Kier molecular flexibility index (Phi) is 7.25. The third-order valence-electron chi connectivity index (χ3n) is 4.43. The molecule has 0 saturated heterocycles. The highest BCUT2D eigenvalue weighted by molar-refractivity contribution is 7.99. The van der Waals surface area contributed by atoms with E-state index >= 15 is 0 Å². The average molecular weight is 409 g/mol. The van der Waals surface area contributed by atoms with E-state index in [-0.39, 0.29) is 17.7 Å². The fourth-order valence-electron chi connectivity index (χ4n) is 2.86. The van der Waals surface area contributed by atoms with Crippen LogP contribution in [0.4, 0.5) is 0 Å². The van der Waals surface area contributed by atoms with Crippen LogP contribution >= 0.6 is 11.8 Å². The maximum Gasteiger partial charge on any atom is 0.345 e. The van der Waals surface area contributed by atoms with E-state index in [1.54, 1.807) is 11.5 Å². The normalized spacial score (nSPS) is 10.7. The van der Waals surface area contributed by atoms with Crippen LogP contribution < -0.4 is 5.56 Å². The standard InChI is InChI=1S/C23H24N2O3S/c1-3-28-22(27)20-15-24-23(29-14-13-18-7-5-4-6-8-18)25(21(20)26)16-19-11-9-17(2)10-12-19/h4-12,15H,3,13-14,16H2,1-2H3. The molecule has 1 aromatic heterocycles. The van der Waals surface area contributed by atoms with E-state index in [9.17, 15) is 9.59 Å². The average Bonchev–Trinajstić information content (AvgIpc) is 2.73. The first-order chi connectivity index (χ1) is 14.1. The summed E-state index contributed by atoms with van der Waals surface area (Å²) in [7, 11) is 0. The van der Waals surface area contributed by atoms with E-state index < -0.39 is 5.97 Å². The second kappa shape index (κ2) is 10.1. The van der Waals surface area contributed by atoms with Gasteiger partial charge < -0.3 is 4.74 Å². The molecule has 5 nitrogen and oxygen atoms in total. The van der Waals surface area contributed by atoms with E-state index in [1.165, 1.54) is 23.5 Å². The van der Waals surface area contributed by atoms with Crippen LogP contribution in [0, 0.1) is 6.92 Å². The maximum absolute atomic E-state index is 13.0. The molecule has 0 unspecified atom stereocenters. The molecule has 3 rings (SSSR count). The molecule has 3 aromatic rings. The summed E-state index contributed by atoms with van der Waals surface area (Å²) in [5.41, 5.74) is 2.95. The number of nitrogens with zero attached hydrogens (tertiary/aromatic N) is 2. The molecule has 0 saturated carbocycles. The molecule has 0 atom stereocenters. The molecule has 0 aliphatic carbocycles. The lowest BCUT2D eigenvalue weighted by Crippen LogP contribution is -2.30. The van der Waals surface area contributed by atoms with Gasteiger partial charge in [0.1, 0.15) is 5.56 Å². The van der Waals surface area contributed by atoms with E-state index in [0.717, 1.165) is 23.3 Å². The van der Waals surface area contributed by atoms with Gasteiger partial charge in [-0.3, -0.25) is 9.36 Å². The number of thioether (sulfide) groups is 1. The smallest absolute Gasteiger partial charge is 0.345 e. The summed E-state index contributed by atoms with van der Waals surface area (Å²) in [5, 5.41) is 0.597. The Hall–Kier alpha value is -2.86. The van der Waals surface area contributed by atoms with Crippen molar-refractivity contribution < 1.29 is 9.53 Å². The monoisotopic (exact) mass is 408 g/mol. The molecular formula is C23H24N2O3S.